The van der Waals surface area contributed by atoms with E-state index in [-0.39, 0.29) is 0 Å². The van der Waals surface area contributed by atoms with Gasteiger partial charge < -0.3 is 4.74 Å². The van der Waals surface area contributed by atoms with E-state index >= 15 is 0 Å². The third-order valence-electron chi connectivity index (χ3n) is 13.0. The predicted molar refractivity (Wildman–Crippen MR) is 136 cm³/mol. The Labute approximate surface area is 199 Å². The normalized spacial score (nSPS) is 51.5. The van der Waals surface area contributed by atoms with Crippen LogP contribution in [0.4, 0.5) is 0 Å². The highest BCUT2D eigenvalue weighted by Gasteiger charge is 2.67. The number of allylic oxidation sites excluding steroid dienone is 2. The average molecular weight is 441 g/mol. The molecule has 0 heterocycles. The fourth-order valence-electron chi connectivity index (χ4n) is 11.0. The van der Waals surface area contributed by atoms with Crippen LogP contribution in [-0.4, -0.2) is 13.7 Å². The lowest BCUT2D eigenvalue weighted by Crippen LogP contribution is -2.63. The molecular formula is C31H52O. The topological polar surface area (TPSA) is 9.23 Å². The Balaban J connectivity index is 1.58. The summed E-state index contributed by atoms with van der Waals surface area (Å²) in [5, 5.41) is 0. The van der Waals surface area contributed by atoms with Crippen molar-refractivity contribution >= 4 is 0 Å². The minimum atomic E-state index is 0.376. The first-order valence-electron chi connectivity index (χ1n) is 14.0. The summed E-state index contributed by atoms with van der Waals surface area (Å²) in [5.41, 5.74) is 4.61. The second-order valence-corrected chi connectivity index (χ2v) is 15.4. The van der Waals surface area contributed by atoms with Gasteiger partial charge in [-0.2, -0.15) is 0 Å². The zero-order chi connectivity index (χ0) is 23.2. The Bertz CT molecular complexity index is 790. The molecule has 5 aliphatic carbocycles. The standard InChI is InChI=1S/C31H52O/c1-26(2)16-18-31(21-32-8)19-17-29(6)22(23(31)20-26)10-11-25-28(5)14-9-13-27(3,4)24(28)12-15-30(25,29)7/h10,23-25H,9,11-21H2,1-8H3/t23?,24?,25?,28-,29+,30+,31+/m0/s1. The summed E-state index contributed by atoms with van der Waals surface area (Å²) >= 11 is 0. The van der Waals surface area contributed by atoms with Crippen molar-refractivity contribution in [3.05, 3.63) is 11.6 Å². The van der Waals surface area contributed by atoms with Crippen LogP contribution in [0.15, 0.2) is 11.6 Å². The number of hydrogen-bond acceptors (Lipinski definition) is 1. The van der Waals surface area contributed by atoms with Gasteiger partial charge in [0, 0.05) is 12.5 Å². The molecule has 4 fully saturated rings. The highest BCUT2D eigenvalue weighted by Crippen LogP contribution is 2.75. The van der Waals surface area contributed by atoms with Crippen LogP contribution in [0, 0.1) is 50.2 Å². The summed E-state index contributed by atoms with van der Waals surface area (Å²) in [4.78, 5) is 0. The van der Waals surface area contributed by atoms with Crippen molar-refractivity contribution in [1.29, 1.82) is 0 Å². The highest BCUT2D eigenvalue weighted by molar-refractivity contribution is 5.33. The fraction of sp³-hybridized carbons (Fsp3) is 0.935. The summed E-state index contributed by atoms with van der Waals surface area (Å²) in [6, 6.07) is 0. The van der Waals surface area contributed by atoms with Crippen molar-refractivity contribution in [2.75, 3.05) is 13.7 Å². The van der Waals surface area contributed by atoms with Crippen LogP contribution in [0.5, 0.6) is 0 Å². The number of hydrogen-bond donors (Lipinski definition) is 0. The number of methoxy groups -OCH3 is 1. The molecule has 0 radical (unpaired) electrons. The molecular weight excluding hydrogens is 388 g/mol. The van der Waals surface area contributed by atoms with E-state index in [2.05, 4.69) is 54.5 Å². The van der Waals surface area contributed by atoms with Crippen LogP contribution in [0.25, 0.3) is 0 Å². The quantitative estimate of drug-likeness (QED) is 0.390. The molecule has 5 aliphatic rings. The molecule has 0 saturated heterocycles. The van der Waals surface area contributed by atoms with E-state index < -0.39 is 0 Å². The van der Waals surface area contributed by atoms with Gasteiger partial charge in [-0.25, -0.2) is 0 Å². The Morgan fingerprint density at radius 1 is 0.844 bits per heavy atom. The van der Waals surface area contributed by atoms with Crippen molar-refractivity contribution in [2.24, 2.45) is 50.2 Å². The van der Waals surface area contributed by atoms with Gasteiger partial charge in [0.2, 0.25) is 0 Å². The van der Waals surface area contributed by atoms with Crippen molar-refractivity contribution in [2.45, 2.75) is 119 Å². The van der Waals surface area contributed by atoms with Gasteiger partial charge in [0.1, 0.15) is 0 Å². The molecule has 0 bridgehead atoms. The molecule has 32 heavy (non-hydrogen) atoms. The summed E-state index contributed by atoms with van der Waals surface area (Å²) in [6.07, 6.45) is 18.3. The number of rotatable bonds is 2. The maximum Gasteiger partial charge on any atom is 0.0524 e. The summed E-state index contributed by atoms with van der Waals surface area (Å²) in [5.74, 6) is 2.50. The van der Waals surface area contributed by atoms with E-state index in [1.54, 1.807) is 0 Å². The first-order chi connectivity index (χ1) is 14.8. The monoisotopic (exact) mass is 440 g/mol. The number of ether oxygens (including phenoxy) is 1. The molecule has 5 rings (SSSR count). The minimum Gasteiger partial charge on any atom is -0.384 e. The van der Waals surface area contributed by atoms with Crippen molar-refractivity contribution in [3.63, 3.8) is 0 Å². The molecule has 0 N–H and O–H groups in total. The summed E-state index contributed by atoms with van der Waals surface area (Å²) < 4.78 is 5.94. The second kappa shape index (κ2) is 7.11. The van der Waals surface area contributed by atoms with E-state index in [4.69, 9.17) is 4.74 Å². The van der Waals surface area contributed by atoms with Crippen LogP contribution in [0.2, 0.25) is 0 Å². The molecule has 0 aromatic rings. The summed E-state index contributed by atoms with van der Waals surface area (Å²) in [6.45, 7) is 19.4. The highest BCUT2D eigenvalue weighted by atomic mass is 16.5. The zero-order valence-corrected chi connectivity index (χ0v) is 22.7. The Hall–Kier alpha value is -0.300. The Morgan fingerprint density at radius 2 is 1.56 bits per heavy atom. The van der Waals surface area contributed by atoms with Gasteiger partial charge in [-0.05, 0) is 109 Å². The molecule has 0 amide bonds. The van der Waals surface area contributed by atoms with Gasteiger partial charge in [-0.3, -0.25) is 0 Å². The lowest BCUT2D eigenvalue weighted by Gasteiger charge is -2.71. The van der Waals surface area contributed by atoms with E-state index in [1.165, 1.54) is 70.6 Å². The Morgan fingerprint density at radius 3 is 2.28 bits per heavy atom. The van der Waals surface area contributed by atoms with Crippen LogP contribution < -0.4 is 0 Å². The van der Waals surface area contributed by atoms with Gasteiger partial charge >= 0.3 is 0 Å². The van der Waals surface area contributed by atoms with Crippen LogP contribution in [0.3, 0.4) is 0 Å². The first-order valence-corrected chi connectivity index (χ1v) is 14.0. The Kier molecular flexibility index (Phi) is 5.21. The molecule has 0 aromatic heterocycles. The smallest absolute Gasteiger partial charge is 0.0524 e. The molecule has 1 heteroatoms. The van der Waals surface area contributed by atoms with Gasteiger partial charge in [0.05, 0.1) is 6.61 Å². The van der Waals surface area contributed by atoms with E-state index in [0.717, 1.165) is 24.4 Å². The largest absolute Gasteiger partial charge is 0.384 e. The molecule has 4 saturated carbocycles. The van der Waals surface area contributed by atoms with Gasteiger partial charge in [-0.1, -0.05) is 66.5 Å². The van der Waals surface area contributed by atoms with Gasteiger partial charge in [0.15, 0.2) is 0 Å². The van der Waals surface area contributed by atoms with Gasteiger partial charge in [-0.15, -0.1) is 0 Å². The van der Waals surface area contributed by atoms with E-state index in [9.17, 15) is 0 Å². The first kappa shape index (κ1) is 23.4. The van der Waals surface area contributed by atoms with Gasteiger partial charge in [0.25, 0.3) is 0 Å². The maximum atomic E-state index is 5.94. The molecule has 182 valence electrons. The fourth-order valence-corrected chi connectivity index (χ4v) is 11.0. The van der Waals surface area contributed by atoms with E-state index in [1.807, 2.05) is 12.7 Å². The zero-order valence-electron chi connectivity index (χ0n) is 22.7. The molecule has 1 nitrogen and oxygen atoms in total. The molecule has 3 unspecified atom stereocenters. The minimum absolute atomic E-state index is 0.376. The van der Waals surface area contributed by atoms with Crippen LogP contribution in [0.1, 0.15) is 119 Å². The van der Waals surface area contributed by atoms with E-state index in [0.29, 0.717) is 32.5 Å². The van der Waals surface area contributed by atoms with Crippen molar-refractivity contribution in [1.82, 2.24) is 0 Å². The molecule has 0 aliphatic heterocycles. The van der Waals surface area contributed by atoms with Crippen LogP contribution in [-0.2, 0) is 4.74 Å². The third kappa shape index (κ3) is 2.97. The second-order valence-electron chi connectivity index (χ2n) is 15.4. The molecule has 7 atom stereocenters. The lowest BCUT2D eigenvalue weighted by atomic mass is 9.34. The number of fused-ring (bicyclic) bond motifs is 7. The summed E-state index contributed by atoms with van der Waals surface area (Å²) in [7, 11) is 1.94. The maximum absolute atomic E-state index is 5.94. The average Bonchev–Trinajstić information content (AvgIpc) is 2.69. The molecule has 0 spiro atoms. The lowest BCUT2D eigenvalue weighted by molar-refractivity contribution is -0.183. The molecule has 0 aromatic carbocycles. The SMILES string of the molecule is COC[C@]12CCC(C)(C)CC1C1=CCC3[C@@]4(C)CCCC(C)(C)C4CC[C@@]3(C)[C@]1(C)CC2. The predicted octanol–water partition coefficient (Wildman–Crippen LogP) is 8.82. The van der Waals surface area contributed by atoms with Crippen molar-refractivity contribution < 1.29 is 4.74 Å². The van der Waals surface area contributed by atoms with Crippen LogP contribution >= 0.6 is 0 Å². The van der Waals surface area contributed by atoms with Crippen molar-refractivity contribution in [3.8, 4) is 0 Å². The third-order valence-corrected chi connectivity index (χ3v) is 13.0.